The molecule has 0 amide bonds. The van der Waals surface area contributed by atoms with E-state index >= 15 is 0 Å². The Kier molecular flexibility index (Phi) is 5.19. The number of hydrogen-bond donors (Lipinski definition) is 1. The highest BCUT2D eigenvalue weighted by molar-refractivity contribution is 6.28. The summed E-state index contributed by atoms with van der Waals surface area (Å²) in [6.45, 7) is 10.7. The van der Waals surface area contributed by atoms with Crippen molar-refractivity contribution in [2.24, 2.45) is 0 Å². The van der Waals surface area contributed by atoms with Crippen LogP contribution in [-0.2, 0) is 29.3 Å². The molecular weight excluding hydrogens is 444 g/mol. The lowest BCUT2D eigenvalue weighted by Crippen LogP contribution is -2.29. The zero-order chi connectivity index (χ0) is 25.3. The van der Waals surface area contributed by atoms with Gasteiger partial charge >= 0.3 is 17.9 Å². The first-order valence-corrected chi connectivity index (χ1v) is 10.6. The number of allylic oxidation sites excluding steroid dienone is 1. The zero-order valence-corrected chi connectivity index (χ0v) is 19.9. The minimum Gasteiger partial charge on any atom is -0.507 e. The highest BCUT2D eigenvalue weighted by Crippen LogP contribution is 2.57. The predicted molar refractivity (Wildman–Crippen MR) is 120 cm³/mol. The fourth-order valence-corrected chi connectivity index (χ4v) is 4.54. The van der Waals surface area contributed by atoms with Gasteiger partial charge in [0.15, 0.2) is 5.76 Å². The van der Waals surface area contributed by atoms with Crippen LogP contribution in [0.5, 0.6) is 17.2 Å². The molecule has 0 aromatic heterocycles. The van der Waals surface area contributed by atoms with Crippen molar-refractivity contribution in [3.8, 4) is 17.2 Å². The van der Waals surface area contributed by atoms with E-state index in [1.165, 1.54) is 6.92 Å². The molecule has 1 aliphatic carbocycles. The number of carbonyl (C=O) groups excluding carboxylic acids is 4. The number of carbonyl (C=O) groups is 4. The Morgan fingerprint density at radius 2 is 1.50 bits per heavy atom. The molecule has 9 nitrogen and oxygen atoms in total. The number of hydrogen-bond acceptors (Lipinski definition) is 9. The van der Waals surface area contributed by atoms with E-state index in [0.717, 1.165) is 13.8 Å². The second-order valence-electron chi connectivity index (χ2n) is 8.99. The van der Waals surface area contributed by atoms with Crippen molar-refractivity contribution in [1.82, 2.24) is 0 Å². The van der Waals surface area contributed by atoms with E-state index in [4.69, 9.17) is 18.9 Å². The van der Waals surface area contributed by atoms with E-state index in [-0.39, 0.29) is 39.9 Å². The molecule has 0 radical (unpaired) electrons. The number of aryl methyl sites for hydroxylation is 1. The van der Waals surface area contributed by atoms with Crippen LogP contribution in [0.3, 0.4) is 0 Å². The van der Waals surface area contributed by atoms with Gasteiger partial charge in [-0.05, 0) is 25.5 Å². The summed E-state index contributed by atoms with van der Waals surface area (Å²) in [7, 11) is 0. The molecule has 0 spiro atoms. The maximum atomic E-state index is 13.7. The highest BCUT2D eigenvalue weighted by Gasteiger charge is 2.47. The van der Waals surface area contributed by atoms with Gasteiger partial charge in [-0.15, -0.1) is 0 Å². The number of phenolic OH excluding ortho intramolecular Hbond substituents is 1. The average molecular weight is 468 g/mol. The topological polar surface area (TPSA) is 125 Å². The van der Waals surface area contributed by atoms with Crippen LogP contribution in [0.25, 0.3) is 16.5 Å². The monoisotopic (exact) mass is 468 g/mol. The number of benzene rings is 2. The molecule has 0 saturated heterocycles. The van der Waals surface area contributed by atoms with Crippen LogP contribution >= 0.6 is 0 Å². The molecule has 1 unspecified atom stereocenters. The van der Waals surface area contributed by atoms with Crippen molar-refractivity contribution in [2.75, 3.05) is 0 Å². The zero-order valence-electron chi connectivity index (χ0n) is 19.9. The van der Waals surface area contributed by atoms with Gasteiger partial charge in [-0.25, -0.2) is 0 Å². The maximum Gasteiger partial charge on any atom is 0.308 e. The van der Waals surface area contributed by atoms with Gasteiger partial charge in [0, 0.05) is 42.5 Å². The van der Waals surface area contributed by atoms with Gasteiger partial charge in [-0.2, -0.15) is 0 Å². The van der Waals surface area contributed by atoms with E-state index in [9.17, 15) is 24.3 Å². The molecule has 34 heavy (non-hydrogen) atoms. The van der Waals surface area contributed by atoms with Gasteiger partial charge in [0.1, 0.15) is 23.4 Å². The quantitative estimate of drug-likeness (QED) is 0.528. The largest absolute Gasteiger partial charge is 0.507 e. The SMILES string of the molecule is CC(=O)OC1=C(OC(C)=O)c2c(OC(C)=O)cc(C)c3c4c(c(O)c(c23)C1=O)C(C)(C)C(C)O4. The molecule has 0 saturated carbocycles. The summed E-state index contributed by atoms with van der Waals surface area (Å²) in [6.07, 6.45) is -0.340. The number of aromatic hydroxyl groups is 1. The van der Waals surface area contributed by atoms with Crippen LogP contribution in [0.15, 0.2) is 11.8 Å². The van der Waals surface area contributed by atoms with E-state index in [1.807, 2.05) is 20.8 Å². The smallest absolute Gasteiger partial charge is 0.308 e. The molecule has 9 heteroatoms. The lowest BCUT2D eigenvalue weighted by Gasteiger charge is -2.27. The molecule has 1 heterocycles. The Hall–Kier alpha value is -3.88. The molecule has 0 fully saturated rings. The molecule has 1 N–H and O–H groups in total. The molecular formula is C25H24O9. The molecule has 1 atom stereocenters. The van der Waals surface area contributed by atoms with Gasteiger partial charge in [-0.3, -0.25) is 19.2 Å². The van der Waals surface area contributed by atoms with Crippen LogP contribution in [0.4, 0.5) is 0 Å². The van der Waals surface area contributed by atoms with Gasteiger partial charge in [0.25, 0.3) is 0 Å². The summed E-state index contributed by atoms with van der Waals surface area (Å²) >= 11 is 0. The maximum absolute atomic E-state index is 13.7. The molecule has 2 aliphatic rings. The Morgan fingerprint density at radius 3 is 2.06 bits per heavy atom. The second kappa shape index (κ2) is 7.58. The van der Waals surface area contributed by atoms with Crippen LogP contribution < -0.4 is 9.47 Å². The summed E-state index contributed by atoms with van der Waals surface area (Å²) in [5.74, 6) is -4.11. The Morgan fingerprint density at radius 1 is 0.941 bits per heavy atom. The van der Waals surface area contributed by atoms with Gasteiger partial charge < -0.3 is 24.1 Å². The number of phenols is 1. The first kappa shape index (κ1) is 23.3. The van der Waals surface area contributed by atoms with E-state index in [1.54, 1.807) is 13.0 Å². The van der Waals surface area contributed by atoms with Crippen LogP contribution in [0, 0.1) is 6.92 Å². The van der Waals surface area contributed by atoms with Gasteiger partial charge in [0.2, 0.25) is 11.5 Å². The highest BCUT2D eigenvalue weighted by atomic mass is 16.6. The van der Waals surface area contributed by atoms with Crippen molar-refractivity contribution >= 4 is 40.2 Å². The number of rotatable bonds is 3. The summed E-state index contributed by atoms with van der Waals surface area (Å²) in [5, 5.41) is 12.1. The van der Waals surface area contributed by atoms with Crippen LogP contribution in [0.2, 0.25) is 0 Å². The first-order chi connectivity index (χ1) is 15.8. The molecule has 1 aliphatic heterocycles. The van der Waals surface area contributed by atoms with Crippen molar-refractivity contribution in [1.29, 1.82) is 0 Å². The third-order valence-corrected chi connectivity index (χ3v) is 6.23. The Bertz CT molecular complexity index is 1360. The number of fused-ring (bicyclic) bond motifs is 2. The minimum absolute atomic E-state index is 0.0240. The summed E-state index contributed by atoms with van der Waals surface area (Å²) in [5.41, 5.74) is 0.244. The number of ketones is 1. The Labute approximate surface area is 195 Å². The van der Waals surface area contributed by atoms with Crippen molar-refractivity contribution in [2.45, 2.75) is 60.0 Å². The second-order valence-corrected chi connectivity index (χ2v) is 8.99. The summed E-state index contributed by atoms with van der Waals surface area (Å²) in [6, 6.07) is 1.55. The lowest BCUT2D eigenvalue weighted by atomic mass is 9.76. The minimum atomic E-state index is -0.848. The molecule has 2 aromatic rings. The standard InChI is InChI=1S/C25H24O9/c1-9-8-14(32-11(3)26)16-17-15(9)22-19(25(6,7)10(2)31-22)20(29)18(17)21(30)24(34-13(5)28)23(16)33-12(4)27/h8,10,29H,1-7H3. The van der Waals surface area contributed by atoms with Crippen LogP contribution in [-0.4, -0.2) is 34.9 Å². The number of Topliss-reactive ketones (excluding diaryl/α,β-unsaturated/α-hetero) is 1. The first-order valence-electron chi connectivity index (χ1n) is 10.6. The molecule has 0 bridgehead atoms. The lowest BCUT2D eigenvalue weighted by molar-refractivity contribution is -0.138. The fraction of sp³-hybridized carbons (Fsp3) is 0.360. The Balaban J connectivity index is 2.26. The number of esters is 3. The third-order valence-electron chi connectivity index (χ3n) is 6.23. The van der Waals surface area contributed by atoms with Gasteiger partial charge in [0.05, 0.1) is 11.1 Å². The normalized spacial score (nSPS) is 17.9. The van der Waals surface area contributed by atoms with Gasteiger partial charge in [-0.1, -0.05) is 13.8 Å². The predicted octanol–water partition coefficient (Wildman–Crippen LogP) is 3.83. The van der Waals surface area contributed by atoms with E-state index in [0.29, 0.717) is 22.3 Å². The number of ether oxygens (including phenoxy) is 4. The van der Waals surface area contributed by atoms with Crippen molar-refractivity contribution < 1.29 is 43.2 Å². The van der Waals surface area contributed by atoms with E-state index in [2.05, 4.69) is 0 Å². The average Bonchev–Trinajstić information content (AvgIpc) is 2.92. The summed E-state index contributed by atoms with van der Waals surface area (Å²) in [4.78, 5) is 49.4. The van der Waals surface area contributed by atoms with Crippen molar-refractivity contribution in [3.63, 3.8) is 0 Å². The fourth-order valence-electron chi connectivity index (χ4n) is 4.54. The molecule has 178 valence electrons. The molecule has 2 aromatic carbocycles. The van der Waals surface area contributed by atoms with Crippen LogP contribution in [0.1, 0.15) is 68.6 Å². The molecule has 4 rings (SSSR count). The third kappa shape index (κ3) is 3.22. The van der Waals surface area contributed by atoms with Crippen molar-refractivity contribution in [3.05, 3.63) is 34.1 Å². The summed E-state index contributed by atoms with van der Waals surface area (Å²) < 4.78 is 22.1. The van der Waals surface area contributed by atoms with E-state index < -0.39 is 34.9 Å².